The van der Waals surface area contributed by atoms with Crippen LogP contribution in [-0.2, 0) is 0 Å². The molecule has 1 aliphatic rings. The van der Waals surface area contributed by atoms with Gasteiger partial charge in [0, 0.05) is 36.4 Å². The monoisotopic (exact) mass is 284 g/mol. The molecule has 1 aliphatic heterocycles. The van der Waals surface area contributed by atoms with Gasteiger partial charge in [-0.05, 0) is 37.9 Å². The second-order valence-corrected chi connectivity index (χ2v) is 5.86. The standard InChI is InChI=1S/C17H24N4/c1-2-10-21-11-7-13(8-12-21)20-16-6-9-19-17-14(16)4-3-5-15(17)18/h3-6,9,13H,2,7-8,10-12,18H2,1H3,(H,19,20). The average molecular weight is 284 g/mol. The summed E-state index contributed by atoms with van der Waals surface area (Å²) in [5.41, 5.74) is 8.81. The molecule has 2 heterocycles. The highest BCUT2D eigenvalue weighted by atomic mass is 15.1. The number of hydrogen-bond donors (Lipinski definition) is 2. The highest BCUT2D eigenvalue weighted by molar-refractivity contribution is 5.97. The molecule has 2 aromatic rings. The Bertz CT molecular complexity index is 603. The van der Waals surface area contributed by atoms with Gasteiger partial charge in [-0.1, -0.05) is 19.1 Å². The van der Waals surface area contributed by atoms with Crippen LogP contribution in [0.4, 0.5) is 11.4 Å². The number of aromatic nitrogens is 1. The highest BCUT2D eigenvalue weighted by Gasteiger charge is 2.19. The summed E-state index contributed by atoms with van der Waals surface area (Å²) in [7, 11) is 0. The number of para-hydroxylation sites is 1. The van der Waals surface area contributed by atoms with Crippen LogP contribution in [0.1, 0.15) is 26.2 Å². The van der Waals surface area contributed by atoms with Crippen molar-refractivity contribution in [2.45, 2.75) is 32.2 Å². The first-order chi connectivity index (χ1) is 10.3. The van der Waals surface area contributed by atoms with Crippen LogP contribution < -0.4 is 11.1 Å². The second kappa shape index (κ2) is 6.31. The third-order valence-corrected chi connectivity index (χ3v) is 4.29. The molecule has 0 amide bonds. The van der Waals surface area contributed by atoms with E-state index in [1.807, 2.05) is 18.3 Å². The Morgan fingerprint density at radius 1 is 1.29 bits per heavy atom. The van der Waals surface area contributed by atoms with Crippen LogP contribution in [0, 0.1) is 0 Å². The van der Waals surface area contributed by atoms with Crippen molar-refractivity contribution >= 4 is 22.3 Å². The molecule has 1 fully saturated rings. The van der Waals surface area contributed by atoms with Gasteiger partial charge in [-0.15, -0.1) is 0 Å². The van der Waals surface area contributed by atoms with Gasteiger partial charge in [0.25, 0.3) is 0 Å². The minimum absolute atomic E-state index is 0.546. The minimum atomic E-state index is 0.546. The summed E-state index contributed by atoms with van der Waals surface area (Å²) in [4.78, 5) is 6.95. The van der Waals surface area contributed by atoms with E-state index < -0.39 is 0 Å². The molecule has 21 heavy (non-hydrogen) atoms. The molecule has 0 atom stereocenters. The van der Waals surface area contributed by atoms with E-state index in [0.717, 1.165) is 22.3 Å². The SMILES string of the molecule is CCCN1CCC(Nc2ccnc3c(N)cccc23)CC1. The van der Waals surface area contributed by atoms with Crippen molar-refractivity contribution in [1.82, 2.24) is 9.88 Å². The first kappa shape index (κ1) is 14.1. The zero-order valence-corrected chi connectivity index (χ0v) is 12.7. The number of pyridine rings is 1. The lowest BCUT2D eigenvalue weighted by atomic mass is 10.0. The van der Waals surface area contributed by atoms with Gasteiger partial charge in [-0.25, -0.2) is 0 Å². The van der Waals surface area contributed by atoms with Crippen LogP contribution in [0.15, 0.2) is 30.5 Å². The van der Waals surface area contributed by atoms with Crippen LogP contribution in [0.3, 0.4) is 0 Å². The van der Waals surface area contributed by atoms with Crippen molar-refractivity contribution in [2.75, 3.05) is 30.7 Å². The first-order valence-corrected chi connectivity index (χ1v) is 7.90. The van der Waals surface area contributed by atoms with Gasteiger partial charge in [-0.2, -0.15) is 0 Å². The fourth-order valence-corrected chi connectivity index (χ4v) is 3.16. The van der Waals surface area contributed by atoms with Crippen molar-refractivity contribution in [3.8, 4) is 0 Å². The van der Waals surface area contributed by atoms with Crippen LogP contribution >= 0.6 is 0 Å². The minimum Gasteiger partial charge on any atom is -0.397 e. The molecule has 0 radical (unpaired) electrons. The number of nitrogens with zero attached hydrogens (tertiary/aromatic N) is 2. The molecule has 112 valence electrons. The summed E-state index contributed by atoms with van der Waals surface area (Å²) >= 11 is 0. The normalized spacial score (nSPS) is 17.2. The summed E-state index contributed by atoms with van der Waals surface area (Å²) in [6, 6.07) is 8.59. The molecule has 0 spiro atoms. The molecule has 3 N–H and O–H groups in total. The lowest BCUT2D eigenvalue weighted by Crippen LogP contribution is -2.39. The molecule has 0 saturated carbocycles. The van der Waals surface area contributed by atoms with E-state index in [4.69, 9.17) is 5.73 Å². The maximum Gasteiger partial charge on any atom is 0.0951 e. The number of piperidine rings is 1. The number of hydrogen-bond acceptors (Lipinski definition) is 4. The number of likely N-dealkylation sites (tertiary alicyclic amines) is 1. The van der Waals surface area contributed by atoms with Gasteiger partial charge in [0.2, 0.25) is 0 Å². The lowest BCUT2D eigenvalue weighted by molar-refractivity contribution is 0.219. The Balaban J connectivity index is 1.73. The van der Waals surface area contributed by atoms with Gasteiger partial charge in [0.15, 0.2) is 0 Å². The number of nitrogens with one attached hydrogen (secondary N) is 1. The molecular formula is C17H24N4. The second-order valence-electron chi connectivity index (χ2n) is 5.86. The molecule has 4 nitrogen and oxygen atoms in total. The third kappa shape index (κ3) is 3.10. The maximum atomic E-state index is 6.01. The molecule has 0 unspecified atom stereocenters. The third-order valence-electron chi connectivity index (χ3n) is 4.29. The van der Waals surface area contributed by atoms with Crippen molar-refractivity contribution in [3.63, 3.8) is 0 Å². The number of fused-ring (bicyclic) bond motifs is 1. The summed E-state index contributed by atoms with van der Waals surface area (Å²) in [6.07, 6.45) is 5.48. The van der Waals surface area contributed by atoms with Gasteiger partial charge in [0.1, 0.15) is 0 Å². The quantitative estimate of drug-likeness (QED) is 0.847. The zero-order chi connectivity index (χ0) is 14.7. The molecule has 4 heteroatoms. The first-order valence-electron chi connectivity index (χ1n) is 7.90. The summed E-state index contributed by atoms with van der Waals surface area (Å²) in [5, 5.41) is 4.81. The molecule has 0 aliphatic carbocycles. The molecular weight excluding hydrogens is 260 g/mol. The van der Waals surface area contributed by atoms with E-state index in [1.165, 1.54) is 38.9 Å². The van der Waals surface area contributed by atoms with Crippen LogP contribution in [0.25, 0.3) is 10.9 Å². The summed E-state index contributed by atoms with van der Waals surface area (Å²) in [6.45, 7) is 5.85. The number of anilines is 2. The molecule has 3 rings (SSSR count). The smallest absolute Gasteiger partial charge is 0.0951 e. The van der Waals surface area contributed by atoms with Gasteiger partial charge in [-0.3, -0.25) is 4.98 Å². The highest BCUT2D eigenvalue weighted by Crippen LogP contribution is 2.27. The topological polar surface area (TPSA) is 54.2 Å². The molecule has 1 aromatic heterocycles. The fourth-order valence-electron chi connectivity index (χ4n) is 3.16. The maximum absolute atomic E-state index is 6.01. The van der Waals surface area contributed by atoms with E-state index >= 15 is 0 Å². The number of nitrogen functional groups attached to an aromatic ring is 1. The summed E-state index contributed by atoms with van der Waals surface area (Å²) < 4.78 is 0. The zero-order valence-electron chi connectivity index (χ0n) is 12.7. The van der Waals surface area contributed by atoms with Crippen molar-refractivity contribution in [3.05, 3.63) is 30.5 Å². The van der Waals surface area contributed by atoms with Crippen LogP contribution in [-0.4, -0.2) is 35.6 Å². The van der Waals surface area contributed by atoms with E-state index in [-0.39, 0.29) is 0 Å². The number of benzene rings is 1. The predicted molar refractivity (Wildman–Crippen MR) is 89.5 cm³/mol. The van der Waals surface area contributed by atoms with E-state index in [0.29, 0.717) is 6.04 Å². The summed E-state index contributed by atoms with van der Waals surface area (Å²) in [5.74, 6) is 0. The average Bonchev–Trinajstić information content (AvgIpc) is 2.51. The number of nitrogens with two attached hydrogens (primary N) is 1. The Hall–Kier alpha value is -1.81. The van der Waals surface area contributed by atoms with Crippen molar-refractivity contribution < 1.29 is 0 Å². The largest absolute Gasteiger partial charge is 0.397 e. The van der Waals surface area contributed by atoms with Crippen molar-refractivity contribution in [2.24, 2.45) is 0 Å². The van der Waals surface area contributed by atoms with Gasteiger partial charge < -0.3 is 16.0 Å². The van der Waals surface area contributed by atoms with E-state index in [9.17, 15) is 0 Å². The Morgan fingerprint density at radius 3 is 2.86 bits per heavy atom. The Labute approximate surface area is 126 Å². The van der Waals surface area contributed by atoms with Gasteiger partial charge in [0.05, 0.1) is 11.2 Å². The molecule has 1 saturated heterocycles. The number of rotatable bonds is 4. The van der Waals surface area contributed by atoms with E-state index in [1.54, 1.807) is 0 Å². The van der Waals surface area contributed by atoms with Crippen LogP contribution in [0.5, 0.6) is 0 Å². The lowest BCUT2D eigenvalue weighted by Gasteiger charge is -2.32. The predicted octanol–water partition coefficient (Wildman–Crippen LogP) is 3.10. The van der Waals surface area contributed by atoms with Crippen molar-refractivity contribution in [1.29, 1.82) is 0 Å². The van der Waals surface area contributed by atoms with Gasteiger partial charge >= 0.3 is 0 Å². The fraction of sp³-hybridized carbons (Fsp3) is 0.471. The molecule has 0 bridgehead atoms. The molecule has 1 aromatic carbocycles. The van der Waals surface area contributed by atoms with Crippen LogP contribution in [0.2, 0.25) is 0 Å². The van der Waals surface area contributed by atoms with E-state index in [2.05, 4.69) is 34.3 Å². The Kier molecular flexibility index (Phi) is 4.25. The Morgan fingerprint density at radius 2 is 2.10 bits per heavy atom.